The van der Waals surface area contributed by atoms with Gasteiger partial charge in [0.25, 0.3) is 0 Å². The van der Waals surface area contributed by atoms with Crippen molar-refractivity contribution in [2.45, 2.75) is 47.7 Å². The summed E-state index contributed by atoms with van der Waals surface area (Å²) in [6, 6.07) is 39.3. The zero-order chi connectivity index (χ0) is 28.0. The molecular weight excluding hydrogens is 505 g/mol. The summed E-state index contributed by atoms with van der Waals surface area (Å²) in [7, 11) is -0.0146. The predicted octanol–water partition coefficient (Wildman–Crippen LogP) is 9.25. The maximum absolute atomic E-state index is 11.6. The first-order valence-corrected chi connectivity index (χ1v) is 13.1. The van der Waals surface area contributed by atoms with E-state index in [1.54, 1.807) is 18.2 Å². The van der Waals surface area contributed by atoms with Crippen molar-refractivity contribution in [2.24, 2.45) is 0 Å². The van der Waals surface area contributed by atoms with Crippen LogP contribution in [0.5, 0.6) is 0 Å². The minimum Gasteiger partial charge on any atom is -0.456 e. The van der Waals surface area contributed by atoms with Gasteiger partial charge < -0.3 is 4.74 Å². The van der Waals surface area contributed by atoms with Gasteiger partial charge in [-0.15, -0.1) is 0 Å². The van der Waals surface area contributed by atoms with Gasteiger partial charge in [-0.05, 0) is 74.9 Å². The molecule has 2 nitrogen and oxygen atoms in total. The van der Waals surface area contributed by atoms with Crippen LogP contribution in [0.2, 0.25) is 0 Å². The Kier molecular flexibility index (Phi) is 12.4. The summed E-state index contributed by atoms with van der Waals surface area (Å²) in [5.74, 6) is -0.293. The smallest absolute Gasteiger partial charge is 0.379 e. The second-order valence-electron chi connectivity index (χ2n) is 8.82. The van der Waals surface area contributed by atoms with Crippen molar-refractivity contribution < 1.29 is 22.7 Å². The molecule has 0 amide bonds. The van der Waals surface area contributed by atoms with E-state index in [9.17, 15) is 18.0 Å². The maximum Gasteiger partial charge on any atom is 0.379 e. The minimum atomic E-state index is -3.67. The lowest BCUT2D eigenvalue weighted by Crippen LogP contribution is -2.23. The summed E-state index contributed by atoms with van der Waals surface area (Å²) in [6.07, 6.45) is 1.73. The van der Waals surface area contributed by atoms with Gasteiger partial charge in [0.2, 0.25) is 0 Å². The Morgan fingerprint density at radius 1 is 0.711 bits per heavy atom. The summed E-state index contributed by atoms with van der Waals surface area (Å²) in [5.41, 5.74) is 1.10. The third-order valence-electron chi connectivity index (χ3n) is 4.72. The molecule has 0 N–H and O–H groups in total. The van der Waals surface area contributed by atoms with Gasteiger partial charge in [0.1, 0.15) is 5.60 Å². The fraction of sp³-hybridized carbons (Fsp3) is 0.156. The van der Waals surface area contributed by atoms with Crippen LogP contribution in [0.25, 0.3) is 6.08 Å². The zero-order valence-electron chi connectivity index (χ0n) is 21.7. The molecule has 4 rings (SSSR count). The number of carbonyl (C=O) groups excluding carboxylic acids is 1. The molecule has 0 aromatic heterocycles. The van der Waals surface area contributed by atoms with Crippen molar-refractivity contribution in [3.8, 4) is 0 Å². The number of hydrogen-bond donors (Lipinski definition) is 0. The van der Waals surface area contributed by atoms with E-state index in [0.29, 0.717) is 5.56 Å². The molecule has 0 fully saturated rings. The van der Waals surface area contributed by atoms with E-state index in [4.69, 9.17) is 4.74 Å². The van der Waals surface area contributed by atoms with Crippen LogP contribution >= 0.6 is 0 Å². The van der Waals surface area contributed by atoms with E-state index >= 15 is 0 Å². The normalized spacial score (nSPS) is 10.5. The van der Waals surface area contributed by atoms with Gasteiger partial charge in [-0.3, -0.25) is 0 Å². The van der Waals surface area contributed by atoms with E-state index < -0.39 is 12.3 Å². The van der Waals surface area contributed by atoms with Crippen molar-refractivity contribution >= 4 is 22.9 Å². The molecule has 4 aromatic carbocycles. The second kappa shape index (κ2) is 15.5. The molecule has 0 aliphatic heterocycles. The lowest BCUT2D eigenvalue weighted by Gasteiger charge is -2.19. The Bertz CT molecular complexity index is 1130. The average molecular weight is 538 g/mol. The van der Waals surface area contributed by atoms with Gasteiger partial charge in [-0.2, -0.15) is 13.2 Å². The Morgan fingerprint density at radius 2 is 1.05 bits per heavy atom. The molecule has 0 bridgehead atoms. The molecule has 0 saturated heterocycles. The molecule has 0 aliphatic rings. The van der Waals surface area contributed by atoms with Gasteiger partial charge in [-0.25, -0.2) is 4.79 Å². The van der Waals surface area contributed by atoms with Crippen LogP contribution in [-0.4, -0.2) is 18.2 Å². The van der Waals surface area contributed by atoms with Crippen LogP contribution in [0.1, 0.15) is 36.7 Å². The molecule has 38 heavy (non-hydrogen) atoms. The van der Waals surface area contributed by atoms with Gasteiger partial charge in [0, 0.05) is 0 Å². The lowest BCUT2D eigenvalue weighted by atomic mass is 10.1. The number of halogens is 3. The second-order valence-corrected chi connectivity index (χ2v) is 10.8. The fourth-order valence-electron chi connectivity index (χ4n) is 3.17. The van der Waals surface area contributed by atoms with Crippen molar-refractivity contribution in [3.63, 3.8) is 0 Å². The Hall–Kier alpha value is -3.77. The van der Waals surface area contributed by atoms with Crippen LogP contribution in [0, 0.1) is 0 Å². The Labute approximate surface area is 226 Å². The van der Waals surface area contributed by atoms with E-state index in [-0.39, 0.29) is 16.9 Å². The van der Waals surface area contributed by atoms with Gasteiger partial charge >= 0.3 is 12.6 Å². The van der Waals surface area contributed by atoms with Gasteiger partial charge in [0.05, 0.1) is 16.5 Å². The number of benzene rings is 4. The molecule has 0 radical (unpaired) electrons. The first-order chi connectivity index (χ1) is 18.1. The standard InChI is InChI=1S/C18H15S.C13H16O2.CHF3/c1-4-10-16(11-5-1)19(17-12-6-2-7-13-17)18-14-8-3-9-15-18;1-5-10-6-8-11(9-7-10)12(14)15-13(2,3)4;2-1(3)4/h1-15H;5-9H,1H2,2-4H3;1H/q+1;;. The first-order valence-electron chi connectivity index (χ1n) is 11.9. The molecule has 0 unspecified atom stereocenters. The van der Waals surface area contributed by atoms with Crippen molar-refractivity contribution in [1.29, 1.82) is 0 Å². The molecule has 0 heterocycles. The summed E-state index contributed by atoms with van der Waals surface area (Å²) < 4.78 is 34.2. The van der Waals surface area contributed by atoms with E-state index in [2.05, 4.69) is 97.6 Å². The third kappa shape index (κ3) is 11.1. The third-order valence-corrected chi connectivity index (χ3v) is 6.95. The molecule has 0 atom stereocenters. The highest BCUT2D eigenvalue weighted by Crippen LogP contribution is 2.30. The van der Waals surface area contributed by atoms with Gasteiger partial charge in [-0.1, -0.05) is 79.4 Å². The number of alkyl halides is 3. The van der Waals surface area contributed by atoms with E-state index in [0.717, 1.165) is 5.56 Å². The largest absolute Gasteiger partial charge is 0.456 e. The van der Waals surface area contributed by atoms with Crippen LogP contribution in [0.3, 0.4) is 0 Å². The van der Waals surface area contributed by atoms with Crippen LogP contribution in [0.4, 0.5) is 13.2 Å². The molecule has 0 spiro atoms. The highest BCUT2D eigenvalue weighted by Gasteiger charge is 2.27. The molecule has 0 saturated carbocycles. The van der Waals surface area contributed by atoms with Crippen LogP contribution in [-0.2, 0) is 15.6 Å². The van der Waals surface area contributed by atoms with Crippen LogP contribution < -0.4 is 0 Å². The van der Waals surface area contributed by atoms with Crippen molar-refractivity contribution in [2.75, 3.05) is 0 Å². The topological polar surface area (TPSA) is 26.3 Å². The highest BCUT2D eigenvalue weighted by atomic mass is 32.2. The summed E-state index contributed by atoms with van der Waals surface area (Å²) in [5, 5.41) is 0. The lowest BCUT2D eigenvalue weighted by molar-refractivity contribution is 0.00637. The number of rotatable bonds is 5. The van der Waals surface area contributed by atoms with Crippen molar-refractivity contribution in [1.82, 2.24) is 0 Å². The summed E-state index contributed by atoms with van der Waals surface area (Å²) in [6.45, 7) is 5.53. The number of carbonyl (C=O) groups is 1. The summed E-state index contributed by atoms with van der Waals surface area (Å²) in [4.78, 5) is 15.7. The maximum atomic E-state index is 11.6. The zero-order valence-corrected chi connectivity index (χ0v) is 22.5. The first kappa shape index (κ1) is 30.5. The quantitative estimate of drug-likeness (QED) is 0.187. The molecule has 0 aliphatic carbocycles. The predicted molar refractivity (Wildman–Crippen MR) is 150 cm³/mol. The van der Waals surface area contributed by atoms with Gasteiger partial charge in [0.15, 0.2) is 14.7 Å². The number of ether oxygens (including phenoxy) is 1. The SMILES string of the molecule is C=Cc1ccc(C(=O)OC(C)(C)C)cc1.FC(F)F.c1ccc([S+](c2ccccc2)c2ccccc2)cc1. The fourth-order valence-corrected chi connectivity index (χ4v) is 5.27. The van der Waals surface area contributed by atoms with Crippen molar-refractivity contribution in [3.05, 3.63) is 133 Å². The highest BCUT2D eigenvalue weighted by molar-refractivity contribution is 7.97. The Morgan fingerprint density at radius 3 is 1.34 bits per heavy atom. The average Bonchev–Trinajstić information content (AvgIpc) is 2.90. The molecule has 4 aromatic rings. The molecular formula is C32H32F3O2S+. The van der Waals surface area contributed by atoms with E-state index in [1.165, 1.54) is 14.7 Å². The minimum absolute atomic E-state index is 0.0146. The van der Waals surface area contributed by atoms with E-state index in [1.807, 2.05) is 32.9 Å². The monoisotopic (exact) mass is 537 g/mol. The Balaban J connectivity index is 0.000000240. The molecule has 198 valence electrons. The number of hydrogen-bond acceptors (Lipinski definition) is 2. The molecule has 6 heteroatoms. The number of esters is 1. The van der Waals surface area contributed by atoms with Crippen LogP contribution in [0.15, 0.2) is 137 Å². The summed E-state index contributed by atoms with van der Waals surface area (Å²) >= 11 is 0.